The number of likely N-dealkylation sites (tertiary alicyclic amines) is 3. The van der Waals surface area contributed by atoms with Crippen LogP contribution in [0.1, 0.15) is 31.1 Å². The highest BCUT2D eigenvalue weighted by atomic mass is 32.1. The van der Waals surface area contributed by atoms with Crippen molar-refractivity contribution in [2.45, 2.75) is 32.7 Å². The lowest BCUT2D eigenvalue weighted by molar-refractivity contribution is -0.141. The van der Waals surface area contributed by atoms with Crippen molar-refractivity contribution >= 4 is 23.2 Å². The zero-order valence-corrected chi connectivity index (χ0v) is 16.0. The molecule has 6 heteroatoms. The van der Waals surface area contributed by atoms with E-state index in [9.17, 15) is 9.59 Å². The number of carbonyl (C=O) groups excluding carboxylic acids is 2. The quantitative estimate of drug-likeness (QED) is 0.810. The fraction of sp³-hybridized carbons (Fsp3) is 0.684. The molecule has 5 nitrogen and oxygen atoms in total. The van der Waals surface area contributed by atoms with Crippen LogP contribution in [0.15, 0.2) is 17.5 Å². The molecule has 0 aromatic carbocycles. The van der Waals surface area contributed by atoms with Gasteiger partial charge in [0.2, 0.25) is 11.8 Å². The van der Waals surface area contributed by atoms with Gasteiger partial charge in [0.15, 0.2) is 0 Å². The van der Waals surface area contributed by atoms with Crippen LogP contribution in [0, 0.1) is 10.8 Å². The van der Waals surface area contributed by atoms with E-state index < -0.39 is 0 Å². The largest absolute Gasteiger partial charge is 0.345 e. The molecule has 3 aliphatic heterocycles. The van der Waals surface area contributed by atoms with Crippen molar-refractivity contribution in [3.8, 4) is 0 Å². The van der Waals surface area contributed by atoms with Crippen molar-refractivity contribution in [2.75, 3.05) is 39.8 Å². The van der Waals surface area contributed by atoms with Gasteiger partial charge in [-0.05, 0) is 43.8 Å². The summed E-state index contributed by atoms with van der Waals surface area (Å²) in [6.07, 6.45) is 2.93. The second-order valence-electron chi connectivity index (χ2n) is 8.07. The zero-order chi connectivity index (χ0) is 17.7. The van der Waals surface area contributed by atoms with E-state index in [1.807, 2.05) is 28.2 Å². The van der Waals surface area contributed by atoms with Gasteiger partial charge in [0, 0.05) is 50.4 Å². The number of nitrogens with zero attached hydrogens (tertiary/aromatic N) is 3. The molecule has 2 spiro atoms. The van der Waals surface area contributed by atoms with Crippen molar-refractivity contribution in [1.82, 2.24) is 14.7 Å². The zero-order valence-electron chi connectivity index (χ0n) is 15.2. The molecule has 3 saturated heterocycles. The van der Waals surface area contributed by atoms with Crippen LogP contribution >= 0.6 is 11.3 Å². The van der Waals surface area contributed by atoms with Crippen LogP contribution in [0.25, 0.3) is 0 Å². The molecule has 3 aliphatic rings. The summed E-state index contributed by atoms with van der Waals surface area (Å²) in [6.45, 7) is 6.88. The maximum absolute atomic E-state index is 13.1. The molecule has 1 unspecified atom stereocenters. The van der Waals surface area contributed by atoms with Gasteiger partial charge in [0.1, 0.15) is 0 Å². The lowest BCUT2D eigenvalue weighted by Crippen LogP contribution is -2.52. The second kappa shape index (κ2) is 6.09. The summed E-state index contributed by atoms with van der Waals surface area (Å²) in [7, 11) is 1.91. The van der Waals surface area contributed by atoms with Crippen LogP contribution in [0.2, 0.25) is 0 Å². The SMILES string of the molecule is CC(=O)N1CC2(CCN(Cc3cccs3)CC2)C2(CCN(C)C2=O)C1. The van der Waals surface area contributed by atoms with Crippen molar-refractivity contribution in [1.29, 1.82) is 0 Å². The fourth-order valence-corrected chi connectivity index (χ4v) is 6.00. The van der Waals surface area contributed by atoms with Crippen LogP contribution in [-0.4, -0.2) is 66.3 Å². The number of fused-ring (bicyclic) bond motifs is 1. The van der Waals surface area contributed by atoms with E-state index in [0.29, 0.717) is 6.54 Å². The van der Waals surface area contributed by atoms with E-state index in [1.54, 1.807) is 6.92 Å². The Morgan fingerprint density at radius 1 is 1.20 bits per heavy atom. The lowest BCUT2D eigenvalue weighted by atomic mass is 9.60. The Kier molecular flexibility index (Phi) is 4.15. The second-order valence-corrected chi connectivity index (χ2v) is 9.10. The number of rotatable bonds is 2. The molecule has 4 rings (SSSR count). The predicted molar refractivity (Wildman–Crippen MR) is 98.2 cm³/mol. The van der Waals surface area contributed by atoms with E-state index in [2.05, 4.69) is 22.4 Å². The molecular formula is C19H27N3O2S. The van der Waals surface area contributed by atoms with E-state index in [4.69, 9.17) is 0 Å². The number of carbonyl (C=O) groups is 2. The van der Waals surface area contributed by atoms with Crippen LogP contribution in [-0.2, 0) is 16.1 Å². The van der Waals surface area contributed by atoms with Crippen molar-refractivity contribution < 1.29 is 9.59 Å². The standard InChI is InChI=1S/C19H27N3O2S/c1-15(23)22-13-18(19(14-22)7-8-20(2)17(19)24)5-9-21(10-6-18)12-16-4-3-11-25-16/h3-4,11H,5-10,12-14H2,1-2H3. The van der Waals surface area contributed by atoms with Gasteiger partial charge < -0.3 is 9.80 Å². The van der Waals surface area contributed by atoms with E-state index >= 15 is 0 Å². The first kappa shape index (κ1) is 17.0. The smallest absolute Gasteiger partial charge is 0.231 e. The average Bonchev–Trinajstić information content (AvgIpc) is 3.28. The minimum atomic E-state index is -0.345. The molecule has 4 heterocycles. The molecule has 0 saturated carbocycles. The van der Waals surface area contributed by atoms with E-state index in [0.717, 1.165) is 52.0 Å². The first-order chi connectivity index (χ1) is 12.0. The number of hydrogen-bond donors (Lipinski definition) is 0. The summed E-state index contributed by atoms with van der Waals surface area (Å²) >= 11 is 1.81. The van der Waals surface area contributed by atoms with Crippen molar-refractivity contribution in [3.05, 3.63) is 22.4 Å². The highest BCUT2D eigenvalue weighted by Crippen LogP contribution is 2.57. The van der Waals surface area contributed by atoms with Gasteiger partial charge in [-0.1, -0.05) is 6.07 Å². The Labute approximate surface area is 153 Å². The first-order valence-corrected chi connectivity index (χ1v) is 10.1. The molecule has 1 aromatic rings. The Bertz CT molecular complexity index is 666. The Morgan fingerprint density at radius 2 is 1.96 bits per heavy atom. The Morgan fingerprint density at radius 3 is 2.52 bits per heavy atom. The van der Waals surface area contributed by atoms with Gasteiger partial charge >= 0.3 is 0 Å². The van der Waals surface area contributed by atoms with Crippen LogP contribution in [0.3, 0.4) is 0 Å². The topological polar surface area (TPSA) is 43.9 Å². The summed E-state index contributed by atoms with van der Waals surface area (Å²) in [5.41, 5.74) is -0.380. The van der Waals surface area contributed by atoms with E-state index in [-0.39, 0.29) is 22.6 Å². The molecule has 136 valence electrons. The average molecular weight is 362 g/mol. The Balaban J connectivity index is 1.55. The highest BCUT2D eigenvalue weighted by molar-refractivity contribution is 7.09. The molecule has 0 aliphatic carbocycles. The van der Waals surface area contributed by atoms with Crippen molar-refractivity contribution in [2.24, 2.45) is 10.8 Å². The molecule has 0 bridgehead atoms. The summed E-state index contributed by atoms with van der Waals surface area (Å²) in [5.74, 6) is 0.377. The third-order valence-corrected chi connectivity index (χ3v) is 7.68. The van der Waals surface area contributed by atoms with Gasteiger partial charge in [-0.2, -0.15) is 0 Å². The molecular weight excluding hydrogens is 334 g/mol. The number of thiophene rings is 1. The monoisotopic (exact) mass is 361 g/mol. The summed E-state index contributed by atoms with van der Waals surface area (Å²) < 4.78 is 0. The third kappa shape index (κ3) is 2.61. The van der Waals surface area contributed by atoms with Gasteiger partial charge in [0.25, 0.3) is 0 Å². The third-order valence-electron chi connectivity index (χ3n) is 6.82. The maximum Gasteiger partial charge on any atom is 0.231 e. The van der Waals surface area contributed by atoms with E-state index in [1.165, 1.54) is 4.88 Å². The number of piperidine rings is 1. The lowest BCUT2D eigenvalue weighted by Gasteiger charge is -2.46. The first-order valence-electron chi connectivity index (χ1n) is 9.22. The minimum absolute atomic E-state index is 0.0353. The molecule has 1 aromatic heterocycles. The molecule has 3 fully saturated rings. The van der Waals surface area contributed by atoms with Gasteiger partial charge in [-0.25, -0.2) is 0 Å². The Hall–Kier alpha value is -1.40. The van der Waals surface area contributed by atoms with Gasteiger partial charge in [-0.3, -0.25) is 14.5 Å². The molecule has 1 atom stereocenters. The molecule has 25 heavy (non-hydrogen) atoms. The van der Waals surface area contributed by atoms with Crippen molar-refractivity contribution in [3.63, 3.8) is 0 Å². The van der Waals surface area contributed by atoms with Gasteiger partial charge in [-0.15, -0.1) is 11.3 Å². The normalized spacial score (nSPS) is 29.3. The predicted octanol–water partition coefficient (Wildman–Crippen LogP) is 2.04. The highest BCUT2D eigenvalue weighted by Gasteiger charge is 2.65. The molecule has 0 radical (unpaired) electrons. The minimum Gasteiger partial charge on any atom is -0.345 e. The van der Waals surface area contributed by atoms with Crippen LogP contribution < -0.4 is 0 Å². The fourth-order valence-electron chi connectivity index (χ4n) is 5.26. The number of hydrogen-bond acceptors (Lipinski definition) is 4. The van der Waals surface area contributed by atoms with Crippen LogP contribution in [0.4, 0.5) is 0 Å². The number of amides is 2. The molecule has 2 amide bonds. The maximum atomic E-state index is 13.1. The van der Waals surface area contributed by atoms with Gasteiger partial charge in [0.05, 0.1) is 5.41 Å². The molecule has 0 N–H and O–H groups in total. The van der Waals surface area contributed by atoms with Crippen LogP contribution in [0.5, 0.6) is 0 Å². The summed E-state index contributed by atoms with van der Waals surface area (Å²) in [4.78, 5) is 32.9. The summed E-state index contributed by atoms with van der Waals surface area (Å²) in [6, 6.07) is 4.30. The summed E-state index contributed by atoms with van der Waals surface area (Å²) in [5, 5.41) is 2.13.